The van der Waals surface area contributed by atoms with Gasteiger partial charge in [0.25, 0.3) is 5.56 Å². The Bertz CT molecular complexity index is 883. The lowest BCUT2D eigenvalue weighted by atomic mass is 10.2. The van der Waals surface area contributed by atoms with Crippen LogP contribution >= 0.6 is 31.9 Å². The van der Waals surface area contributed by atoms with Crippen LogP contribution in [0.5, 0.6) is 5.75 Å². The van der Waals surface area contributed by atoms with E-state index in [1.807, 2.05) is 4.98 Å². The highest BCUT2D eigenvalue weighted by Gasteiger charge is 2.07. The van der Waals surface area contributed by atoms with Crippen LogP contribution in [0.3, 0.4) is 0 Å². The molecule has 2 aromatic rings. The zero-order chi connectivity index (χ0) is 17.7. The van der Waals surface area contributed by atoms with E-state index in [2.05, 4.69) is 52.6 Å². The summed E-state index contributed by atoms with van der Waals surface area (Å²) in [6, 6.07) is 3.25. The molecule has 0 atom stereocenters. The van der Waals surface area contributed by atoms with Gasteiger partial charge >= 0.3 is 5.69 Å². The van der Waals surface area contributed by atoms with Gasteiger partial charge in [0.1, 0.15) is 11.4 Å². The molecule has 9 nitrogen and oxygen atoms in total. The average molecular weight is 461 g/mol. The van der Waals surface area contributed by atoms with Crippen molar-refractivity contribution in [2.24, 2.45) is 5.10 Å². The summed E-state index contributed by atoms with van der Waals surface area (Å²) in [6.45, 7) is 0. The molecule has 0 spiro atoms. The van der Waals surface area contributed by atoms with Crippen molar-refractivity contribution in [1.82, 2.24) is 20.6 Å². The third-order valence-electron chi connectivity index (χ3n) is 2.81. The fraction of sp³-hybridized carbons (Fsp3) is 0.154. The second-order valence-electron chi connectivity index (χ2n) is 4.58. The standard InChI is InChI=1S/C13H11Br2N5O4/c14-7-3-6(4-8(15)11(7)22)5-16-19-10(21)2-1-9-12(23)17-13(24)20-18-9/h3-5,22H,1-2H2,(H,19,21)(H2,17,20,23,24)/b16-5+. The van der Waals surface area contributed by atoms with Gasteiger partial charge in [-0.25, -0.2) is 15.3 Å². The Balaban J connectivity index is 1.91. The number of amides is 1. The largest absolute Gasteiger partial charge is 0.506 e. The van der Waals surface area contributed by atoms with Crippen LogP contribution in [0.4, 0.5) is 0 Å². The molecule has 0 saturated carbocycles. The number of nitrogens with zero attached hydrogens (tertiary/aromatic N) is 2. The Morgan fingerprint density at radius 3 is 2.62 bits per heavy atom. The Morgan fingerprint density at radius 1 is 1.33 bits per heavy atom. The maximum Gasteiger partial charge on any atom is 0.342 e. The van der Waals surface area contributed by atoms with Crippen molar-refractivity contribution in [1.29, 1.82) is 0 Å². The van der Waals surface area contributed by atoms with Crippen LogP contribution in [0.15, 0.2) is 35.8 Å². The Hall–Kier alpha value is -2.27. The Labute approximate surface area is 151 Å². The number of H-pyrrole nitrogens is 2. The lowest BCUT2D eigenvalue weighted by molar-refractivity contribution is -0.121. The number of hydrogen-bond acceptors (Lipinski definition) is 6. The minimum Gasteiger partial charge on any atom is -0.506 e. The highest BCUT2D eigenvalue weighted by atomic mass is 79.9. The number of aromatic amines is 2. The molecule has 0 aliphatic rings. The first-order valence-corrected chi connectivity index (χ1v) is 8.13. The lowest BCUT2D eigenvalue weighted by Crippen LogP contribution is -2.28. The van der Waals surface area contributed by atoms with Crippen LogP contribution in [-0.2, 0) is 11.2 Å². The maximum absolute atomic E-state index is 11.7. The zero-order valence-electron chi connectivity index (χ0n) is 12.0. The lowest BCUT2D eigenvalue weighted by Gasteiger charge is -2.02. The van der Waals surface area contributed by atoms with E-state index in [4.69, 9.17) is 0 Å². The van der Waals surface area contributed by atoms with Crippen LogP contribution in [0.1, 0.15) is 17.7 Å². The van der Waals surface area contributed by atoms with E-state index >= 15 is 0 Å². The predicted octanol–water partition coefficient (Wildman–Crippen LogP) is 0.772. The molecule has 1 heterocycles. The number of hydrogen-bond donors (Lipinski definition) is 4. The fourth-order valence-electron chi connectivity index (χ4n) is 1.67. The number of aromatic nitrogens is 3. The number of benzene rings is 1. The summed E-state index contributed by atoms with van der Waals surface area (Å²) in [5.74, 6) is -0.356. The van der Waals surface area contributed by atoms with E-state index in [0.29, 0.717) is 14.5 Å². The van der Waals surface area contributed by atoms with Crippen LogP contribution < -0.4 is 16.7 Å². The highest BCUT2D eigenvalue weighted by Crippen LogP contribution is 2.32. The van der Waals surface area contributed by atoms with Crippen molar-refractivity contribution < 1.29 is 9.90 Å². The van der Waals surface area contributed by atoms with Gasteiger partial charge in [0.15, 0.2) is 0 Å². The second-order valence-corrected chi connectivity index (χ2v) is 6.29. The van der Waals surface area contributed by atoms with Crippen molar-refractivity contribution in [2.75, 3.05) is 0 Å². The van der Waals surface area contributed by atoms with Gasteiger partial charge in [-0.15, -0.1) is 0 Å². The van der Waals surface area contributed by atoms with Crippen LogP contribution in [0.2, 0.25) is 0 Å². The van der Waals surface area contributed by atoms with Gasteiger partial charge < -0.3 is 5.11 Å². The van der Waals surface area contributed by atoms with Crippen LogP contribution in [0.25, 0.3) is 0 Å². The smallest absolute Gasteiger partial charge is 0.342 e. The van der Waals surface area contributed by atoms with Crippen molar-refractivity contribution >= 4 is 44.0 Å². The summed E-state index contributed by atoms with van der Waals surface area (Å²) >= 11 is 6.37. The van der Waals surface area contributed by atoms with Gasteiger partial charge in [-0.1, -0.05) is 0 Å². The summed E-state index contributed by atoms with van der Waals surface area (Å²) in [7, 11) is 0. The molecule has 0 aliphatic carbocycles. The van der Waals surface area contributed by atoms with E-state index < -0.39 is 17.2 Å². The summed E-state index contributed by atoms with van der Waals surface area (Å²) in [4.78, 5) is 35.9. The van der Waals surface area contributed by atoms with Crippen LogP contribution in [0, 0.1) is 0 Å². The number of aryl methyl sites for hydroxylation is 1. The van der Waals surface area contributed by atoms with Gasteiger partial charge in [-0.2, -0.15) is 10.2 Å². The molecule has 0 fully saturated rings. The summed E-state index contributed by atoms with van der Waals surface area (Å²) in [6.07, 6.45) is 1.43. The first-order valence-electron chi connectivity index (χ1n) is 6.54. The number of carbonyl (C=O) groups excluding carboxylic acids is 1. The van der Waals surface area contributed by atoms with Crippen molar-refractivity contribution in [3.05, 3.63) is 53.2 Å². The van der Waals surface area contributed by atoms with Gasteiger partial charge in [0, 0.05) is 12.8 Å². The zero-order valence-corrected chi connectivity index (χ0v) is 15.1. The maximum atomic E-state index is 11.7. The quantitative estimate of drug-likeness (QED) is 0.385. The number of hydrazone groups is 1. The molecule has 1 aromatic heterocycles. The predicted molar refractivity (Wildman–Crippen MR) is 93.0 cm³/mol. The third kappa shape index (κ3) is 4.86. The normalized spacial score (nSPS) is 10.9. The molecule has 1 amide bonds. The topological polar surface area (TPSA) is 140 Å². The first-order chi connectivity index (χ1) is 11.4. The highest BCUT2D eigenvalue weighted by molar-refractivity contribution is 9.11. The molecular weight excluding hydrogens is 450 g/mol. The summed E-state index contributed by atoms with van der Waals surface area (Å²) in [5.41, 5.74) is 1.68. The molecule has 24 heavy (non-hydrogen) atoms. The van der Waals surface area contributed by atoms with Gasteiger partial charge in [0.2, 0.25) is 5.91 Å². The van der Waals surface area contributed by atoms with Crippen molar-refractivity contribution in [3.8, 4) is 5.75 Å². The first kappa shape index (κ1) is 18.1. The van der Waals surface area contributed by atoms with Crippen molar-refractivity contribution in [2.45, 2.75) is 12.8 Å². The number of nitrogens with one attached hydrogen (secondary N) is 3. The fourth-order valence-corrected chi connectivity index (χ4v) is 2.89. The molecule has 0 unspecified atom stereocenters. The SMILES string of the molecule is O=C(CCc1n[nH]c(=O)[nH]c1=O)N/N=C/c1cc(Br)c(O)c(Br)c1. The molecule has 0 aliphatic heterocycles. The minimum absolute atomic E-state index is 0.0254. The number of aromatic hydroxyl groups is 1. The van der Waals surface area contributed by atoms with Crippen LogP contribution in [-0.4, -0.2) is 32.4 Å². The van der Waals surface area contributed by atoms with E-state index in [1.54, 1.807) is 12.1 Å². The number of halogens is 2. The van der Waals surface area contributed by atoms with Crippen molar-refractivity contribution in [3.63, 3.8) is 0 Å². The summed E-state index contributed by atoms with van der Waals surface area (Å²) < 4.78 is 0.959. The minimum atomic E-state index is -0.705. The third-order valence-corrected chi connectivity index (χ3v) is 4.02. The number of phenols is 1. The molecule has 1 aromatic carbocycles. The Kier molecular flexibility index (Phi) is 6.04. The van der Waals surface area contributed by atoms with Gasteiger partial charge in [-0.3, -0.25) is 14.6 Å². The number of rotatable bonds is 5. The second kappa shape index (κ2) is 8.02. The van der Waals surface area contributed by atoms with E-state index in [9.17, 15) is 19.5 Å². The van der Waals surface area contributed by atoms with Gasteiger partial charge in [0.05, 0.1) is 15.2 Å². The van der Waals surface area contributed by atoms with E-state index in [1.165, 1.54) is 6.21 Å². The molecule has 0 bridgehead atoms. The molecular formula is C13H11Br2N5O4. The Morgan fingerprint density at radius 2 is 2.00 bits per heavy atom. The summed E-state index contributed by atoms with van der Waals surface area (Å²) in [5, 5.41) is 19.1. The monoisotopic (exact) mass is 459 g/mol. The molecule has 11 heteroatoms. The van der Waals surface area contributed by atoms with E-state index in [0.717, 1.165) is 0 Å². The molecule has 4 N–H and O–H groups in total. The molecule has 0 radical (unpaired) electrons. The molecule has 126 valence electrons. The average Bonchev–Trinajstić information content (AvgIpc) is 2.51. The van der Waals surface area contributed by atoms with Gasteiger partial charge in [-0.05, 0) is 49.6 Å². The molecule has 0 saturated heterocycles. The molecule has 2 rings (SSSR count). The number of phenolic OH excluding ortho intramolecular Hbond substituents is 1. The van der Waals surface area contributed by atoms with E-state index in [-0.39, 0.29) is 24.3 Å². The number of carbonyl (C=O) groups is 1.